The van der Waals surface area contributed by atoms with Gasteiger partial charge in [0.2, 0.25) is 0 Å². The van der Waals surface area contributed by atoms with Crippen LogP contribution in [0.3, 0.4) is 0 Å². The number of aliphatic hydroxyl groups excluding tert-OH is 1. The molecule has 0 aliphatic carbocycles. The molecule has 37 heavy (non-hydrogen) atoms. The van der Waals surface area contributed by atoms with E-state index < -0.39 is 17.7 Å². The molecule has 0 spiro atoms. The lowest BCUT2D eigenvalue weighted by atomic mass is 9.95. The minimum Gasteiger partial charge on any atom is -0.507 e. The van der Waals surface area contributed by atoms with E-state index in [-0.39, 0.29) is 11.3 Å². The number of nitrogens with zero attached hydrogens (tertiary/aromatic N) is 2. The first-order valence-corrected chi connectivity index (χ1v) is 13.6. The van der Waals surface area contributed by atoms with Crippen LogP contribution in [0.5, 0.6) is 11.5 Å². The van der Waals surface area contributed by atoms with E-state index >= 15 is 0 Å². The topological polar surface area (TPSA) is 89.0 Å². The number of Topliss-reactive ketones (excluding diaryl/α,β-unsaturated/α-hetero) is 1. The van der Waals surface area contributed by atoms with E-state index in [0.717, 1.165) is 8.27 Å². The highest BCUT2D eigenvalue weighted by Gasteiger charge is 2.48. The summed E-state index contributed by atoms with van der Waals surface area (Å²) in [7, 11) is 0. The van der Waals surface area contributed by atoms with Crippen molar-refractivity contribution in [3.63, 3.8) is 0 Å². The van der Waals surface area contributed by atoms with Gasteiger partial charge in [-0.2, -0.15) is 0 Å². The Labute approximate surface area is 231 Å². The van der Waals surface area contributed by atoms with Crippen molar-refractivity contribution in [3.05, 3.63) is 87.0 Å². The minimum atomic E-state index is -0.848. The molecule has 3 aromatic carbocycles. The first-order valence-electron chi connectivity index (χ1n) is 11.7. The molecule has 1 fully saturated rings. The van der Waals surface area contributed by atoms with Gasteiger partial charge in [-0.05, 0) is 84.5 Å². The Hall–Kier alpha value is -3.44. The number of amides is 1. The molecule has 188 valence electrons. The van der Waals surface area contributed by atoms with E-state index in [0.29, 0.717) is 46.5 Å². The van der Waals surface area contributed by atoms with Crippen LogP contribution < -0.4 is 14.4 Å². The Morgan fingerprint density at radius 3 is 2.41 bits per heavy atom. The third kappa shape index (κ3) is 4.80. The van der Waals surface area contributed by atoms with Crippen molar-refractivity contribution in [2.24, 2.45) is 0 Å². The van der Waals surface area contributed by atoms with Gasteiger partial charge in [0.25, 0.3) is 5.78 Å². The van der Waals surface area contributed by atoms with Crippen LogP contribution >= 0.6 is 33.9 Å². The second-order valence-electron chi connectivity index (χ2n) is 8.24. The monoisotopic (exact) mass is 626 g/mol. The summed E-state index contributed by atoms with van der Waals surface area (Å²) < 4.78 is 13.0. The van der Waals surface area contributed by atoms with Crippen LogP contribution in [0.25, 0.3) is 16.0 Å². The van der Waals surface area contributed by atoms with Gasteiger partial charge >= 0.3 is 5.91 Å². The predicted molar refractivity (Wildman–Crippen MR) is 152 cm³/mol. The summed E-state index contributed by atoms with van der Waals surface area (Å²) in [6, 6.07) is 19.0. The molecule has 1 unspecified atom stereocenters. The molecule has 1 saturated heterocycles. The van der Waals surface area contributed by atoms with E-state index in [1.54, 1.807) is 24.3 Å². The average Bonchev–Trinajstić information content (AvgIpc) is 3.42. The Morgan fingerprint density at radius 2 is 1.70 bits per heavy atom. The molecule has 1 amide bonds. The number of aromatic nitrogens is 1. The third-order valence-electron chi connectivity index (χ3n) is 5.91. The molecule has 2 heterocycles. The molecule has 0 bridgehead atoms. The number of aliphatic hydroxyl groups is 1. The van der Waals surface area contributed by atoms with Crippen LogP contribution in [0, 0.1) is 3.57 Å². The van der Waals surface area contributed by atoms with Crippen LogP contribution in [-0.4, -0.2) is 35.0 Å². The van der Waals surface area contributed by atoms with Crippen molar-refractivity contribution in [1.29, 1.82) is 0 Å². The number of thiazole rings is 1. The Balaban J connectivity index is 1.68. The molecule has 4 aromatic rings. The summed E-state index contributed by atoms with van der Waals surface area (Å²) in [5.41, 5.74) is 1.78. The lowest BCUT2D eigenvalue weighted by molar-refractivity contribution is -0.132. The molecule has 5 rings (SSSR count). The van der Waals surface area contributed by atoms with Crippen molar-refractivity contribution < 1.29 is 24.2 Å². The molecule has 1 N–H and O–H groups in total. The molecule has 0 radical (unpaired) electrons. The van der Waals surface area contributed by atoms with Crippen LogP contribution in [0.4, 0.5) is 5.13 Å². The molecule has 1 aliphatic heterocycles. The number of ether oxygens (including phenoxy) is 2. The Morgan fingerprint density at radius 1 is 1.00 bits per heavy atom. The summed E-state index contributed by atoms with van der Waals surface area (Å²) in [6.45, 7) is 4.76. The first kappa shape index (κ1) is 25.2. The second kappa shape index (κ2) is 10.5. The number of rotatable bonds is 7. The van der Waals surface area contributed by atoms with Gasteiger partial charge in [0.05, 0.1) is 35.0 Å². The third-order valence-corrected chi connectivity index (χ3v) is 7.65. The molecule has 7 nitrogen and oxygen atoms in total. The number of hydrogen-bond acceptors (Lipinski definition) is 7. The molecular formula is C28H23IN2O5S. The summed E-state index contributed by atoms with van der Waals surface area (Å²) in [5.74, 6) is -0.503. The van der Waals surface area contributed by atoms with Gasteiger partial charge in [-0.1, -0.05) is 35.6 Å². The van der Waals surface area contributed by atoms with Gasteiger partial charge in [0.15, 0.2) is 5.13 Å². The van der Waals surface area contributed by atoms with Crippen LogP contribution in [-0.2, 0) is 9.59 Å². The fraction of sp³-hybridized carbons (Fsp3) is 0.179. The summed E-state index contributed by atoms with van der Waals surface area (Å²) in [6.07, 6.45) is 0. The lowest BCUT2D eigenvalue weighted by Crippen LogP contribution is -2.29. The SMILES string of the molecule is CCOc1cccc(C(O)=C2C(=O)C(=O)N(c3nc4ccc(OCC)cc4s3)C2c2ccc(I)cc2)c1. The zero-order chi connectivity index (χ0) is 26.1. The number of halogens is 1. The fourth-order valence-electron chi connectivity index (χ4n) is 4.30. The van der Waals surface area contributed by atoms with Gasteiger partial charge in [0, 0.05) is 9.13 Å². The Kier molecular flexibility index (Phi) is 7.16. The molecular weight excluding hydrogens is 603 g/mol. The van der Waals surface area contributed by atoms with Gasteiger partial charge in [-0.15, -0.1) is 0 Å². The van der Waals surface area contributed by atoms with E-state index in [1.807, 2.05) is 56.3 Å². The molecule has 1 aromatic heterocycles. The molecule has 0 saturated carbocycles. The number of fused-ring (bicyclic) bond motifs is 1. The van der Waals surface area contributed by atoms with Gasteiger partial charge in [-0.3, -0.25) is 14.5 Å². The van der Waals surface area contributed by atoms with Crippen molar-refractivity contribution in [1.82, 2.24) is 4.98 Å². The highest BCUT2D eigenvalue weighted by molar-refractivity contribution is 14.1. The lowest BCUT2D eigenvalue weighted by Gasteiger charge is -2.23. The van der Waals surface area contributed by atoms with Gasteiger partial charge in [0.1, 0.15) is 17.3 Å². The van der Waals surface area contributed by atoms with Gasteiger partial charge < -0.3 is 14.6 Å². The van der Waals surface area contributed by atoms with E-state index in [9.17, 15) is 14.7 Å². The summed E-state index contributed by atoms with van der Waals surface area (Å²) >= 11 is 3.49. The predicted octanol–water partition coefficient (Wildman–Crippen LogP) is 6.32. The summed E-state index contributed by atoms with van der Waals surface area (Å²) in [5, 5.41) is 11.7. The fourth-order valence-corrected chi connectivity index (χ4v) is 5.68. The minimum absolute atomic E-state index is 0.00844. The zero-order valence-corrected chi connectivity index (χ0v) is 23.1. The number of hydrogen-bond donors (Lipinski definition) is 1. The number of carbonyl (C=O) groups is 2. The molecule has 1 aliphatic rings. The van der Waals surface area contributed by atoms with Crippen LogP contribution in [0.1, 0.15) is 31.0 Å². The highest BCUT2D eigenvalue weighted by Crippen LogP contribution is 2.44. The van der Waals surface area contributed by atoms with E-state index in [4.69, 9.17) is 9.47 Å². The van der Waals surface area contributed by atoms with Gasteiger partial charge in [-0.25, -0.2) is 4.98 Å². The highest BCUT2D eigenvalue weighted by atomic mass is 127. The van der Waals surface area contributed by atoms with Crippen LogP contribution in [0.2, 0.25) is 0 Å². The van der Waals surface area contributed by atoms with Crippen molar-refractivity contribution >= 4 is 66.7 Å². The molecule has 9 heteroatoms. The Bertz CT molecular complexity index is 1530. The summed E-state index contributed by atoms with van der Waals surface area (Å²) in [4.78, 5) is 33.0. The number of ketones is 1. The zero-order valence-electron chi connectivity index (χ0n) is 20.1. The number of benzene rings is 3. The smallest absolute Gasteiger partial charge is 0.301 e. The normalized spacial score (nSPS) is 16.9. The second-order valence-corrected chi connectivity index (χ2v) is 10.5. The quantitative estimate of drug-likeness (QED) is 0.112. The average molecular weight is 626 g/mol. The van der Waals surface area contributed by atoms with Crippen LogP contribution in [0.15, 0.2) is 72.3 Å². The first-order chi connectivity index (χ1) is 17.9. The number of carbonyl (C=O) groups excluding carboxylic acids is 2. The molecule has 1 atom stereocenters. The van der Waals surface area contributed by atoms with E-state index in [2.05, 4.69) is 27.6 Å². The largest absolute Gasteiger partial charge is 0.507 e. The maximum atomic E-state index is 13.5. The van der Waals surface area contributed by atoms with E-state index in [1.165, 1.54) is 16.2 Å². The maximum absolute atomic E-state index is 13.5. The van der Waals surface area contributed by atoms with Crippen molar-refractivity contribution in [2.75, 3.05) is 18.1 Å². The number of anilines is 1. The van der Waals surface area contributed by atoms with Crippen molar-refractivity contribution in [3.8, 4) is 11.5 Å². The standard InChI is InChI=1S/C28H23IN2O5S/c1-3-35-19-7-5-6-17(14-19)25(32)23-24(16-8-10-18(29)11-9-16)31(27(34)26(23)33)28-30-21-13-12-20(36-4-2)15-22(21)37-28/h5-15,24,32H,3-4H2,1-2H3. The maximum Gasteiger partial charge on any atom is 0.301 e. The van der Waals surface area contributed by atoms with Crippen molar-refractivity contribution in [2.45, 2.75) is 19.9 Å².